The smallest absolute Gasteiger partial charge is 0.271 e. The summed E-state index contributed by atoms with van der Waals surface area (Å²) in [6, 6.07) is 10.1. The fourth-order valence-electron chi connectivity index (χ4n) is 4.48. The number of hydrogen-bond donors (Lipinski definition) is 1. The molecule has 2 saturated heterocycles. The fraction of sp³-hybridized carbons (Fsp3) is 0.421. The first-order valence-corrected chi connectivity index (χ1v) is 9.23. The van der Waals surface area contributed by atoms with Crippen LogP contribution in [0.2, 0.25) is 0 Å². The number of fused-ring (bicyclic) bond motifs is 2. The quantitative estimate of drug-likeness (QED) is 0.784. The van der Waals surface area contributed by atoms with Gasteiger partial charge in [-0.15, -0.1) is 0 Å². The standard InChI is InChI=1S/C19H22N6O/c1-2-25-17-6-4-3-5-15(17)21-19(25)24-11-13-9-23(10-14(13)12-24)18(26)16-7-8-20-22-16/h3-8,13-14H,2,9-12H2,1H3,(H,20,22). The number of rotatable bonds is 3. The van der Waals surface area contributed by atoms with E-state index >= 15 is 0 Å². The highest BCUT2D eigenvalue weighted by atomic mass is 16.2. The second-order valence-electron chi connectivity index (χ2n) is 7.25. The lowest BCUT2D eigenvalue weighted by Gasteiger charge is -2.22. The first-order chi connectivity index (χ1) is 12.7. The average molecular weight is 350 g/mol. The number of likely N-dealkylation sites (tertiary alicyclic amines) is 1. The van der Waals surface area contributed by atoms with E-state index < -0.39 is 0 Å². The van der Waals surface area contributed by atoms with Gasteiger partial charge in [-0.25, -0.2) is 4.98 Å². The number of nitrogens with zero attached hydrogens (tertiary/aromatic N) is 5. The van der Waals surface area contributed by atoms with E-state index in [1.54, 1.807) is 12.3 Å². The van der Waals surface area contributed by atoms with Crippen LogP contribution in [0.3, 0.4) is 0 Å². The van der Waals surface area contributed by atoms with Crippen molar-refractivity contribution in [1.82, 2.24) is 24.6 Å². The number of hydrogen-bond acceptors (Lipinski definition) is 4. The molecule has 0 saturated carbocycles. The van der Waals surface area contributed by atoms with Gasteiger partial charge in [-0.1, -0.05) is 12.1 Å². The van der Waals surface area contributed by atoms with E-state index in [2.05, 4.69) is 44.8 Å². The van der Waals surface area contributed by atoms with Crippen LogP contribution in [0.15, 0.2) is 36.5 Å². The minimum atomic E-state index is 0.0595. The van der Waals surface area contributed by atoms with Gasteiger partial charge >= 0.3 is 0 Å². The predicted octanol–water partition coefficient (Wildman–Crippen LogP) is 1.99. The summed E-state index contributed by atoms with van der Waals surface area (Å²) in [5, 5.41) is 6.67. The second-order valence-corrected chi connectivity index (χ2v) is 7.25. The Kier molecular flexibility index (Phi) is 3.48. The summed E-state index contributed by atoms with van der Waals surface area (Å²) in [4.78, 5) is 21.8. The van der Waals surface area contributed by atoms with Crippen LogP contribution >= 0.6 is 0 Å². The Morgan fingerprint density at radius 3 is 2.62 bits per heavy atom. The fourth-order valence-corrected chi connectivity index (χ4v) is 4.48. The Morgan fingerprint density at radius 1 is 1.15 bits per heavy atom. The number of carbonyl (C=O) groups is 1. The summed E-state index contributed by atoms with van der Waals surface area (Å²) < 4.78 is 2.30. The summed E-state index contributed by atoms with van der Waals surface area (Å²) in [6.45, 7) is 6.61. The maximum absolute atomic E-state index is 12.5. The van der Waals surface area contributed by atoms with Gasteiger partial charge in [-0.3, -0.25) is 9.89 Å². The van der Waals surface area contributed by atoms with Gasteiger partial charge in [0.15, 0.2) is 0 Å². The van der Waals surface area contributed by atoms with E-state index in [1.807, 2.05) is 11.0 Å². The zero-order valence-corrected chi connectivity index (χ0v) is 14.8. The molecule has 7 heteroatoms. The van der Waals surface area contributed by atoms with Gasteiger partial charge < -0.3 is 14.4 Å². The molecule has 3 aromatic rings. The van der Waals surface area contributed by atoms with E-state index in [0.717, 1.165) is 44.2 Å². The van der Waals surface area contributed by atoms with Crippen molar-refractivity contribution in [2.24, 2.45) is 11.8 Å². The molecule has 1 amide bonds. The molecule has 0 radical (unpaired) electrons. The Labute approximate surface area is 151 Å². The third kappa shape index (κ3) is 2.30. The average Bonchev–Trinajstić information content (AvgIpc) is 3.41. The number of aromatic amines is 1. The molecule has 4 heterocycles. The first kappa shape index (κ1) is 15.4. The largest absolute Gasteiger partial charge is 0.342 e. The van der Waals surface area contributed by atoms with Crippen molar-refractivity contribution < 1.29 is 4.79 Å². The van der Waals surface area contributed by atoms with Crippen LogP contribution in [-0.2, 0) is 6.54 Å². The lowest BCUT2D eigenvalue weighted by molar-refractivity contribution is 0.0776. The Bertz CT molecular complexity index is 932. The summed E-state index contributed by atoms with van der Waals surface area (Å²) >= 11 is 0. The van der Waals surface area contributed by atoms with Crippen LogP contribution in [0, 0.1) is 11.8 Å². The highest BCUT2D eigenvalue weighted by Gasteiger charge is 2.43. The molecule has 2 aromatic heterocycles. The van der Waals surface area contributed by atoms with Crippen molar-refractivity contribution in [3.8, 4) is 0 Å². The zero-order valence-electron chi connectivity index (χ0n) is 14.8. The first-order valence-electron chi connectivity index (χ1n) is 9.23. The van der Waals surface area contributed by atoms with E-state index in [1.165, 1.54) is 5.52 Å². The van der Waals surface area contributed by atoms with Crippen LogP contribution in [-0.4, -0.2) is 56.7 Å². The summed E-state index contributed by atoms with van der Waals surface area (Å²) in [5.74, 6) is 2.14. The molecule has 2 fully saturated rings. The molecule has 26 heavy (non-hydrogen) atoms. The lowest BCUT2D eigenvalue weighted by Crippen LogP contribution is -2.34. The Morgan fingerprint density at radius 2 is 1.92 bits per heavy atom. The summed E-state index contributed by atoms with van der Waals surface area (Å²) in [5.41, 5.74) is 2.82. The minimum Gasteiger partial charge on any atom is -0.342 e. The van der Waals surface area contributed by atoms with E-state index in [0.29, 0.717) is 17.5 Å². The maximum Gasteiger partial charge on any atom is 0.271 e. The number of aryl methyl sites for hydroxylation is 1. The molecule has 0 spiro atoms. The van der Waals surface area contributed by atoms with Gasteiger partial charge in [0.25, 0.3) is 5.91 Å². The van der Waals surface area contributed by atoms with Crippen LogP contribution in [0.25, 0.3) is 11.0 Å². The topological polar surface area (TPSA) is 70.1 Å². The van der Waals surface area contributed by atoms with E-state index in [-0.39, 0.29) is 5.91 Å². The number of amides is 1. The van der Waals surface area contributed by atoms with Gasteiger partial charge in [0.05, 0.1) is 11.0 Å². The molecule has 0 aliphatic carbocycles. The number of nitrogens with one attached hydrogen (secondary N) is 1. The number of H-pyrrole nitrogens is 1. The molecule has 2 unspecified atom stereocenters. The lowest BCUT2D eigenvalue weighted by atomic mass is 10.0. The Balaban J connectivity index is 1.35. The molecular formula is C19H22N6O. The maximum atomic E-state index is 12.5. The van der Waals surface area contributed by atoms with Crippen molar-refractivity contribution in [1.29, 1.82) is 0 Å². The SMILES string of the molecule is CCn1c(N2CC3CN(C(=O)c4ccn[nH]4)CC3C2)nc2ccccc21. The molecule has 134 valence electrons. The predicted molar refractivity (Wildman–Crippen MR) is 99.1 cm³/mol. The second kappa shape index (κ2) is 5.86. The number of carbonyl (C=O) groups excluding carboxylic acids is 1. The molecule has 1 N–H and O–H groups in total. The van der Waals surface area contributed by atoms with E-state index in [9.17, 15) is 4.79 Å². The van der Waals surface area contributed by atoms with Crippen LogP contribution in [0.4, 0.5) is 5.95 Å². The number of benzene rings is 1. The van der Waals surface area contributed by atoms with Gasteiger partial charge in [-0.2, -0.15) is 5.10 Å². The number of anilines is 1. The van der Waals surface area contributed by atoms with Gasteiger partial charge in [-0.05, 0) is 25.1 Å². The van der Waals surface area contributed by atoms with E-state index in [4.69, 9.17) is 4.98 Å². The molecule has 0 bridgehead atoms. The van der Waals surface area contributed by atoms with Crippen molar-refractivity contribution in [2.75, 3.05) is 31.1 Å². The van der Waals surface area contributed by atoms with Crippen LogP contribution in [0.1, 0.15) is 17.4 Å². The van der Waals surface area contributed by atoms with Crippen molar-refractivity contribution in [3.05, 3.63) is 42.2 Å². The van der Waals surface area contributed by atoms with Gasteiger partial charge in [0.1, 0.15) is 5.69 Å². The summed E-state index contributed by atoms with van der Waals surface area (Å²) in [6.07, 6.45) is 1.63. The van der Waals surface area contributed by atoms with Crippen molar-refractivity contribution in [2.45, 2.75) is 13.5 Å². The monoisotopic (exact) mass is 350 g/mol. The minimum absolute atomic E-state index is 0.0595. The highest BCUT2D eigenvalue weighted by Crippen LogP contribution is 2.35. The molecular weight excluding hydrogens is 328 g/mol. The highest BCUT2D eigenvalue weighted by molar-refractivity contribution is 5.92. The molecule has 5 rings (SSSR count). The number of aromatic nitrogens is 4. The molecule has 2 atom stereocenters. The Hall–Kier alpha value is -2.83. The van der Waals surface area contributed by atoms with Crippen LogP contribution in [0.5, 0.6) is 0 Å². The molecule has 7 nitrogen and oxygen atoms in total. The normalized spacial score (nSPS) is 22.3. The van der Waals surface area contributed by atoms with Gasteiger partial charge in [0, 0.05) is 50.8 Å². The third-order valence-corrected chi connectivity index (χ3v) is 5.74. The van der Waals surface area contributed by atoms with Crippen molar-refractivity contribution >= 4 is 22.9 Å². The molecule has 2 aliphatic heterocycles. The number of imidazole rings is 1. The zero-order chi connectivity index (χ0) is 17.7. The number of para-hydroxylation sites is 2. The molecule has 2 aliphatic rings. The van der Waals surface area contributed by atoms with Crippen LogP contribution < -0.4 is 4.90 Å². The molecule has 1 aromatic carbocycles. The summed E-state index contributed by atoms with van der Waals surface area (Å²) in [7, 11) is 0. The van der Waals surface area contributed by atoms with Crippen molar-refractivity contribution in [3.63, 3.8) is 0 Å². The third-order valence-electron chi connectivity index (χ3n) is 5.74. The van der Waals surface area contributed by atoms with Gasteiger partial charge in [0.2, 0.25) is 5.95 Å².